The van der Waals surface area contributed by atoms with Crippen molar-refractivity contribution in [1.82, 2.24) is 14.9 Å². The zero-order valence-electron chi connectivity index (χ0n) is 18.6. The van der Waals surface area contributed by atoms with Gasteiger partial charge in [0.05, 0.1) is 11.2 Å². The van der Waals surface area contributed by atoms with E-state index >= 15 is 0 Å². The number of fused-ring (bicyclic) bond motifs is 1. The maximum Gasteiger partial charge on any atom is 0.319 e. The number of halogens is 1. The summed E-state index contributed by atoms with van der Waals surface area (Å²) in [5, 5.41) is 9.31. The fourth-order valence-corrected chi connectivity index (χ4v) is 4.34. The molecule has 0 spiro atoms. The Morgan fingerprint density at radius 1 is 1.12 bits per heavy atom. The molecule has 2 heterocycles. The zero-order chi connectivity index (χ0) is 22.8. The topological polar surface area (TPSA) is 88.1 Å². The maximum atomic E-state index is 14.7. The first-order chi connectivity index (χ1) is 15.4. The van der Waals surface area contributed by atoms with Crippen LogP contribution >= 0.6 is 0 Å². The molecule has 1 saturated carbocycles. The van der Waals surface area contributed by atoms with Crippen LogP contribution in [0.4, 0.5) is 20.7 Å². The van der Waals surface area contributed by atoms with Gasteiger partial charge in [0.2, 0.25) is 0 Å². The fourth-order valence-electron chi connectivity index (χ4n) is 4.34. The lowest BCUT2D eigenvalue weighted by molar-refractivity contribution is 0.244. The lowest BCUT2D eigenvalue weighted by atomic mass is 9.96. The van der Waals surface area contributed by atoms with Crippen LogP contribution in [0.1, 0.15) is 37.7 Å². The third kappa shape index (κ3) is 4.30. The molecule has 1 fully saturated rings. The molecule has 0 bridgehead atoms. The summed E-state index contributed by atoms with van der Waals surface area (Å²) in [5.74, 6) is 0.122. The van der Waals surface area contributed by atoms with E-state index in [1.165, 1.54) is 18.6 Å². The third-order valence-electron chi connectivity index (χ3n) is 6.16. The van der Waals surface area contributed by atoms with Gasteiger partial charge in [-0.2, -0.15) is 0 Å². The monoisotopic (exact) mass is 437 g/mol. The van der Waals surface area contributed by atoms with Gasteiger partial charge >= 0.3 is 6.03 Å². The number of urea groups is 1. The molecule has 2 amide bonds. The molecule has 1 aliphatic carbocycles. The molecular weight excluding hydrogens is 409 g/mol. The van der Waals surface area contributed by atoms with Crippen LogP contribution in [-0.4, -0.2) is 28.7 Å². The van der Waals surface area contributed by atoms with E-state index in [0.29, 0.717) is 22.5 Å². The summed E-state index contributed by atoms with van der Waals surface area (Å²) in [6.45, 7) is 1.75. The largest absolute Gasteiger partial charge is 0.373 e. The number of benzene rings is 1. The summed E-state index contributed by atoms with van der Waals surface area (Å²) in [6.07, 6.45) is 6.92. The Labute approximate surface area is 186 Å². The van der Waals surface area contributed by atoms with Crippen LogP contribution in [-0.2, 0) is 7.05 Å². The predicted octanol–water partition coefficient (Wildman–Crippen LogP) is 4.54. The number of amides is 2. The minimum absolute atomic E-state index is 0.0460. The molecule has 0 saturated heterocycles. The van der Waals surface area contributed by atoms with Crippen LogP contribution in [0.25, 0.3) is 22.0 Å². The zero-order valence-corrected chi connectivity index (χ0v) is 18.6. The molecule has 0 atom stereocenters. The number of rotatable bonds is 4. The van der Waals surface area contributed by atoms with Crippen LogP contribution in [0.15, 0.2) is 35.3 Å². The van der Waals surface area contributed by atoms with Crippen molar-refractivity contribution in [2.24, 2.45) is 7.05 Å². The second kappa shape index (κ2) is 8.98. The number of nitrogens with one attached hydrogen (secondary N) is 3. The number of pyridine rings is 2. The summed E-state index contributed by atoms with van der Waals surface area (Å²) in [4.78, 5) is 29.9. The van der Waals surface area contributed by atoms with Gasteiger partial charge in [-0.3, -0.25) is 4.79 Å². The number of carbonyl (C=O) groups excluding carboxylic acids is 1. The van der Waals surface area contributed by atoms with Crippen molar-refractivity contribution in [1.29, 1.82) is 0 Å². The Morgan fingerprint density at radius 3 is 2.59 bits per heavy atom. The van der Waals surface area contributed by atoms with Gasteiger partial charge < -0.3 is 20.5 Å². The first kappa shape index (κ1) is 21.8. The molecule has 0 aliphatic heterocycles. The molecule has 0 unspecified atom stereocenters. The average Bonchev–Trinajstić information content (AvgIpc) is 2.78. The van der Waals surface area contributed by atoms with E-state index in [0.717, 1.165) is 36.6 Å². The number of anilines is 2. The van der Waals surface area contributed by atoms with Crippen molar-refractivity contribution < 1.29 is 9.18 Å². The second-order valence-corrected chi connectivity index (χ2v) is 8.38. The molecule has 3 N–H and O–H groups in total. The maximum absolute atomic E-state index is 14.7. The van der Waals surface area contributed by atoms with E-state index in [4.69, 9.17) is 0 Å². The Hall–Kier alpha value is -3.42. The van der Waals surface area contributed by atoms with E-state index in [-0.39, 0.29) is 17.3 Å². The fraction of sp³-hybridized carbons (Fsp3) is 0.375. The molecule has 1 aromatic carbocycles. The Bertz CT molecular complexity index is 1230. The molecule has 32 heavy (non-hydrogen) atoms. The standard InChI is InChI=1S/C24H28FN5O2/c1-14-9-19(25)20(29-24(32)28-16-7-5-4-6-8-16)11-17(14)18-10-15-13-27-22(26-2)12-21(15)30(3)23(18)31/h9-13,16H,4-8H2,1-3H3,(H,26,27)(H2,28,29,32). The minimum atomic E-state index is -0.539. The smallest absolute Gasteiger partial charge is 0.319 e. The van der Waals surface area contributed by atoms with E-state index in [1.807, 2.05) is 0 Å². The SMILES string of the molecule is CNc1cc2c(cn1)cc(-c1cc(NC(=O)NC3CCCCC3)c(F)cc1C)c(=O)n2C. The Morgan fingerprint density at radius 2 is 1.88 bits per heavy atom. The molecule has 1 aliphatic rings. The summed E-state index contributed by atoms with van der Waals surface area (Å²) >= 11 is 0. The van der Waals surface area contributed by atoms with Crippen molar-refractivity contribution in [2.75, 3.05) is 17.7 Å². The van der Waals surface area contributed by atoms with Gasteiger partial charge in [0, 0.05) is 43.4 Å². The number of hydrogen-bond donors (Lipinski definition) is 3. The van der Waals surface area contributed by atoms with Gasteiger partial charge in [0.1, 0.15) is 11.6 Å². The summed E-state index contributed by atoms with van der Waals surface area (Å²) in [5.41, 5.74) is 2.18. The third-order valence-corrected chi connectivity index (χ3v) is 6.16. The highest BCUT2D eigenvalue weighted by Crippen LogP contribution is 2.29. The number of hydrogen-bond acceptors (Lipinski definition) is 4. The summed E-state index contributed by atoms with van der Waals surface area (Å²) in [7, 11) is 3.46. The average molecular weight is 438 g/mol. The molecular formula is C24H28FN5O2. The van der Waals surface area contributed by atoms with Crippen molar-refractivity contribution in [3.8, 4) is 11.1 Å². The molecule has 4 rings (SSSR count). The second-order valence-electron chi connectivity index (χ2n) is 8.38. The van der Waals surface area contributed by atoms with E-state index in [9.17, 15) is 14.0 Å². The molecule has 2 aromatic heterocycles. The quantitative estimate of drug-likeness (QED) is 0.559. The van der Waals surface area contributed by atoms with Crippen LogP contribution < -0.4 is 21.5 Å². The molecule has 8 heteroatoms. The van der Waals surface area contributed by atoms with E-state index in [2.05, 4.69) is 20.9 Å². The number of aromatic nitrogens is 2. The molecule has 7 nitrogen and oxygen atoms in total. The number of aryl methyl sites for hydroxylation is 2. The highest BCUT2D eigenvalue weighted by molar-refractivity contribution is 5.91. The van der Waals surface area contributed by atoms with Gasteiger partial charge in [-0.05, 0) is 49.1 Å². The lowest BCUT2D eigenvalue weighted by Gasteiger charge is -2.23. The highest BCUT2D eigenvalue weighted by Gasteiger charge is 2.19. The van der Waals surface area contributed by atoms with Gasteiger partial charge in [0.25, 0.3) is 5.56 Å². The number of carbonyl (C=O) groups is 1. The first-order valence-electron chi connectivity index (χ1n) is 10.9. The normalized spacial score (nSPS) is 14.4. The van der Waals surface area contributed by atoms with Crippen molar-refractivity contribution in [3.05, 3.63) is 52.2 Å². The Kier molecular flexibility index (Phi) is 6.12. The van der Waals surface area contributed by atoms with E-state index in [1.54, 1.807) is 43.9 Å². The molecule has 3 aromatic rings. The van der Waals surface area contributed by atoms with Crippen molar-refractivity contribution >= 4 is 28.4 Å². The van der Waals surface area contributed by atoms with Gasteiger partial charge in [-0.15, -0.1) is 0 Å². The van der Waals surface area contributed by atoms with Crippen molar-refractivity contribution in [3.63, 3.8) is 0 Å². The predicted molar refractivity (Wildman–Crippen MR) is 126 cm³/mol. The summed E-state index contributed by atoms with van der Waals surface area (Å²) in [6, 6.07) is 6.12. The Balaban J connectivity index is 1.69. The van der Waals surface area contributed by atoms with Crippen LogP contribution in [0.2, 0.25) is 0 Å². The number of nitrogens with zero attached hydrogens (tertiary/aromatic N) is 2. The van der Waals surface area contributed by atoms with Gasteiger partial charge in [-0.25, -0.2) is 14.2 Å². The lowest BCUT2D eigenvalue weighted by Crippen LogP contribution is -2.39. The van der Waals surface area contributed by atoms with Crippen molar-refractivity contribution in [2.45, 2.75) is 45.1 Å². The van der Waals surface area contributed by atoms with Crippen LogP contribution in [0.3, 0.4) is 0 Å². The van der Waals surface area contributed by atoms with Crippen LogP contribution in [0, 0.1) is 12.7 Å². The molecule has 0 radical (unpaired) electrons. The first-order valence-corrected chi connectivity index (χ1v) is 10.9. The summed E-state index contributed by atoms with van der Waals surface area (Å²) < 4.78 is 16.2. The molecule has 168 valence electrons. The van der Waals surface area contributed by atoms with Crippen LogP contribution in [0.5, 0.6) is 0 Å². The van der Waals surface area contributed by atoms with Gasteiger partial charge in [-0.1, -0.05) is 19.3 Å². The van der Waals surface area contributed by atoms with E-state index < -0.39 is 11.8 Å². The highest BCUT2D eigenvalue weighted by atomic mass is 19.1. The van der Waals surface area contributed by atoms with Gasteiger partial charge in [0.15, 0.2) is 0 Å². The minimum Gasteiger partial charge on any atom is -0.373 e.